The number of amides is 1. The monoisotopic (exact) mass is 357 g/mol. The topological polar surface area (TPSA) is 48.8 Å². The maximum Gasteiger partial charge on any atom is 0.256 e. The summed E-state index contributed by atoms with van der Waals surface area (Å²) < 4.78 is 0. The van der Waals surface area contributed by atoms with Gasteiger partial charge in [-0.05, 0) is 30.2 Å². The fourth-order valence-electron chi connectivity index (χ4n) is 3.68. The van der Waals surface area contributed by atoms with E-state index in [0.29, 0.717) is 0 Å². The van der Waals surface area contributed by atoms with E-state index < -0.39 is 0 Å². The van der Waals surface area contributed by atoms with Crippen molar-refractivity contribution in [3.8, 4) is 0 Å². The minimum absolute atomic E-state index is 0.0629. The van der Waals surface area contributed by atoms with Gasteiger partial charge in [0.15, 0.2) is 0 Å². The van der Waals surface area contributed by atoms with Crippen LogP contribution in [0.5, 0.6) is 0 Å². The second-order valence-corrected chi connectivity index (χ2v) is 8.13. The van der Waals surface area contributed by atoms with E-state index in [1.165, 1.54) is 10.4 Å². The number of anilines is 2. The Balaban J connectivity index is 1.61. The van der Waals surface area contributed by atoms with Crippen LogP contribution in [0.15, 0.2) is 24.3 Å². The molecule has 0 radical (unpaired) electrons. The first-order valence-electron chi connectivity index (χ1n) is 8.89. The molecule has 1 aromatic carbocycles. The van der Waals surface area contributed by atoms with E-state index in [4.69, 9.17) is 0 Å². The van der Waals surface area contributed by atoms with Crippen molar-refractivity contribution in [3.05, 3.63) is 45.8 Å². The number of nitrogens with zero attached hydrogens (tertiary/aromatic N) is 1. The maximum absolute atomic E-state index is 12.8. The van der Waals surface area contributed by atoms with Gasteiger partial charge in [0.25, 0.3) is 5.91 Å². The summed E-state index contributed by atoms with van der Waals surface area (Å²) in [6, 6.07) is 8.32. The predicted molar refractivity (Wildman–Crippen MR) is 103 cm³/mol. The van der Waals surface area contributed by atoms with Crippen molar-refractivity contribution in [1.29, 1.82) is 0 Å². The summed E-state index contributed by atoms with van der Waals surface area (Å²) in [5.41, 5.74) is 4.39. The molecule has 0 saturated carbocycles. The van der Waals surface area contributed by atoms with Crippen LogP contribution in [-0.2, 0) is 13.0 Å². The Kier molecular flexibility index (Phi) is 4.17. The molecular formula is C19H25N4OS+. The molecule has 0 fully saturated rings. The van der Waals surface area contributed by atoms with Crippen LogP contribution >= 0.6 is 11.3 Å². The highest BCUT2D eigenvalue weighted by molar-refractivity contribution is 7.16. The molecule has 1 unspecified atom stereocenters. The summed E-state index contributed by atoms with van der Waals surface area (Å²) in [5, 5.41) is 7.72. The third-order valence-corrected chi connectivity index (χ3v) is 6.41. The van der Waals surface area contributed by atoms with Crippen LogP contribution in [0.2, 0.25) is 0 Å². The van der Waals surface area contributed by atoms with Gasteiger partial charge < -0.3 is 20.4 Å². The Bertz CT molecular complexity index is 797. The molecule has 1 amide bonds. The molecule has 2 aliphatic heterocycles. The minimum Gasteiger partial charge on any atom is -0.378 e. The van der Waals surface area contributed by atoms with Gasteiger partial charge in [0, 0.05) is 26.2 Å². The number of hydrogen-bond donors (Lipinski definition) is 3. The molecule has 0 bridgehead atoms. The van der Waals surface area contributed by atoms with Crippen LogP contribution < -0.4 is 20.4 Å². The van der Waals surface area contributed by atoms with E-state index in [-0.39, 0.29) is 12.1 Å². The van der Waals surface area contributed by atoms with E-state index in [2.05, 4.69) is 46.7 Å². The van der Waals surface area contributed by atoms with Gasteiger partial charge in [-0.1, -0.05) is 12.1 Å². The van der Waals surface area contributed by atoms with Crippen molar-refractivity contribution in [3.63, 3.8) is 0 Å². The van der Waals surface area contributed by atoms with Crippen LogP contribution in [0.4, 0.5) is 10.7 Å². The van der Waals surface area contributed by atoms with E-state index in [9.17, 15) is 4.79 Å². The van der Waals surface area contributed by atoms with Crippen LogP contribution in [0.1, 0.15) is 39.5 Å². The SMILES string of the molecule is CC[NH+]1CCc2c(sc3c2C(=O)N[C@H](c2ccc(N(C)C)cc2)N3)C1. The van der Waals surface area contributed by atoms with Crippen molar-refractivity contribution < 1.29 is 9.69 Å². The number of carbonyl (C=O) groups is 1. The molecule has 2 atom stereocenters. The number of hydrogen-bond acceptors (Lipinski definition) is 4. The highest BCUT2D eigenvalue weighted by atomic mass is 32.1. The molecule has 0 spiro atoms. The average Bonchev–Trinajstić information content (AvgIpc) is 2.99. The van der Waals surface area contributed by atoms with E-state index in [1.54, 1.807) is 16.2 Å². The largest absolute Gasteiger partial charge is 0.378 e. The first kappa shape index (κ1) is 16.4. The number of carbonyl (C=O) groups excluding carboxylic acids is 1. The zero-order valence-corrected chi connectivity index (χ0v) is 15.8. The number of thiophene rings is 1. The molecule has 2 aromatic rings. The van der Waals surface area contributed by atoms with Crippen molar-refractivity contribution in [1.82, 2.24) is 5.32 Å². The number of fused-ring (bicyclic) bond motifs is 3. The molecule has 3 N–H and O–H groups in total. The first-order chi connectivity index (χ1) is 12.1. The second kappa shape index (κ2) is 6.35. The number of rotatable bonds is 3. The lowest BCUT2D eigenvalue weighted by atomic mass is 10.0. The fraction of sp³-hybridized carbons (Fsp3) is 0.421. The number of likely N-dealkylation sites (N-methyl/N-ethyl adjacent to an activating group) is 1. The summed E-state index contributed by atoms with van der Waals surface area (Å²) in [7, 11) is 4.05. The Morgan fingerprint density at radius 2 is 2.00 bits per heavy atom. The smallest absolute Gasteiger partial charge is 0.256 e. The summed E-state index contributed by atoms with van der Waals surface area (Å²) in [6.07, 6.45) is 0.840. The fourth-order valence-corrected chi connectivity index (χ4v) is 5.03. The van der Waals surface area contributed by atoms with Crippen molar-refractivity contribution in [2.45, 2.75) is 26.1 Å². The quantitative estimate of drug-likeness (QED) is 0.783. The van der Waals surface area contributed by atoms with E-state index in [0.717, 1.165) is 47.9 Å². The van der Waals surface area contributed by atoms with Crippen LogP contribution in [-0.4, -0.2) is 33.1 Å². The molecule has 5 nitrogen and oxygen atoms in total. The van der Waals surface area contributed by atoms with E-state index >= 15 is 0 Å². The number of nitrogens with one attached hydrogen (secondary N) is 3. The molecule has 3 heterocycles. The second-order valence-electron chi connectivity index (χ2n) is 7.03. The van der Waals surface area contributed by atoms with Crippen LogP contribution in [0.25, 0.3) is 0 Å². The number of benzene rings is 1. The normalized spacial score (nSPS) is 21.8. The summed E-state index contributed by atoms with van der Waals surface area (Å²) in [5.74, 6) is 0.0629. The molecule has 2 aliphatic rings. The van der Waals surface area contributed by atoms with Gasteiger partial charge >= 0.3 is 0 Å². The van der Waals surface area contributed by atoms with Crippen molar-refractivity contribution in [2.75, 3.05) is 37.4 Å². The van der Waals surface area contributed by atoms with Gasteiger partial charge in [0.2, 0.25) is 0 Å². The Morgan fingerprint density at radius 3 is 2.68 bits per heavy atom. The molecule has 25 heavy (non-hydrogen) atoms. The molecule has 1 aromatic heterocycles. The first-order valence-corrected chi connectivity index (χ1v) is 9.71. The maximum atomic E-state index is 12.8. The number of quaternary nitrogens is 1. The Morgan fingerprint density at radius 1 is 1.24 bits per heavy atom. The highest BCUT2D eigenvalue weighted by Crippen LogP contribution is 2.39. The molecule has 4 rings (SSSR count). The molecule has 6 heteroatoms. The summed E-state index contributed by atoms with van der Waals surface area (Å²) >= 11 is 1.77. The highest BCUT2D eigenvalue weighted by Gasteiger charge is 2.34. The molecule has 132 valence electrons. The van der Waals surface area contributed by atoms with Crippen molar-refractivity contribution in [2.24, 2.45) is 0 Å². The third-order valence-electron chi connectivity index (χ3n) is 5.25. The van der Waals surface area contributed by atoms with Crippen LogP contribution in [0, 0.1) is 0 Å². The molecule has 0 aliphatic carbocycles. The Hall–Kier alpha value is -2.05. The average molecular weight is 358 g/mol. The van der Waals surface area contributed by atoms with Gasteiger partial charge in [-0.2, -0.15) is 0 Å². The lowest BCUT2D eigenvalue weighted by molar-refractivity contribution is -0.913. The van der Waals surface area contributed by atoms with Gasteiger partial charge in [0.1, 0.15) is 17.7 Å². The summed E-state index contributed by atoms with van der Waals surface area (Å²) in [6.45, 7) is 5.53. The zero-order chi connectivity index (χ0) is 17.6. The van der Waals surface area contributed by atoms with Gasteiger partial charge in [-0.3, -0.25) is 4.79 Å². The minimum atomic E-state index is -0.161. The van der Waals surface area contributed by atoms with Gasteiger partial charge in [0.05, 0.1) is 23.5 Å². The van der Waals surface area contributed by atoms with Crippen LogP contribution in [0.3, 0.4) is 0 Å². The zero-order valence-electron chi connectivity index (χ0n) is 15.0. The molecular weight excluding hydrogens is 332 g/mol. The van der Waals surface area contributed by atoms with Crippen molar-refractivity contribution >= 4 is 27.9 Å². The predicted octanol–water partition coefficient (Wildman–Crippen LogP) is 1.63. The molecule has 0 saturated heterocycles. The lowest BCUT2D eigenvalue weighted by Gasteiger charge is -2.27. The lowest BCUT2D eigenvalue weighted by Crippen LogP contribution is -3.11. The van der Waals surface area contributed by atoms with E-state index in [1.807, 2.05) is 14.1 Å². The Labute approximate surface area is 152 Å². The summed E-state index contributed by atoms with van der Waals surface area (Å²) in [4.78, 5) is 17.8. The standard InChI is InChI=1S/C19H24N4OS/c1-4-23-10-9-14-15(11-23)25-19-16(14)18(24)20-17(21-19)12-5-7-13(8-6-12)22(2)3/h5-8,17,21H,4,9-11H2,1-3H3,(H,20,24)/p+1/t17-/m0/s1. The third kappa shape index (κ3) is 2.89. The van der Waals surface area contributed by atoms with Gasteiger partial charge in [-0.15, -0.1) is 11.3 Å². The van der Waals surface area contributed by atoms with Gasteiger partial charge in [-0.25, -0.2) is 0 Å².